The second-order valence-corrected chi connectivity index (χ2v) is 4.92. The molecule has 13 heavy (non-hydrogen) atoms. The Bertz CT molecular complexity index is 386. The number of aromatic nitrogens is 1. The van der Waals surface area contributed by atoms with Crippen molar-refractivity contribution in [2.45, 2.75) is 9.24 Å². The van der Waals surface area contributed by atoms with E-state index in [1.54, 1.807) is 23.1 Å². The van der Waals surface area contributed by atoms with Gasteiger partial charge in [0.25, 0.3) is 0 Å². The summed E-state index contributed by atoms with van der Waals surface area (Å²) < 4.78 is 0.983. The van der Waals surface area contributed by atoms with Gasteiger partial charge in [0.2, 0.25) is 0 Å². The first-order valence-corrected chi connectivity index (χ1v) is 5.76. The fourth-order valence-electron chi connectivity index (χ4n) is 0.875. The molecule has 0 aliphatic heterocycles. The summed E-state index contributed by atoms with van der Waals surface area (Å²) in [7, 11) is 0. The average Bonchev–Trinajstić information content (AvgIpc) is 2.53. The number of nitrogens with zero attached hydrogens (tertiary/aromatic N) is 1. The summed E-state index contributed by atoms with van der Waals surface area (Å²) >= 11 is 8.91. The molecule has 1 aromatic carbocycles. The normalized spacial score (nSPS) is 10.2. The van der Waals surface area contributed by atoms with Gasteiger partial charge in [-0.2, -0.15) is 0 Å². The molecule has 0 N–H and O–H groups in total. The van der Waals surface area contributed by atoms with Crippen LogP contribution >= 0.6 is 34.7 Å². The predicted molar refractivity (Wildman–Crippen MR) is 57.7 cm³/mol. The SMILES string of the molecule is Clc1csc(Sc2ccccc2)n1. The van der Waals surface area contributed by atoms with E-state index in [1.807, 2.05) is 23.6 Å². The minimum atomic E-state index is 0.573. The molecule has 0 aliphatic rings. The van der Waals surface area contributed by atoms with Crippen LogP contribution in [0.25, 0.3) is 0 Å². The first-order chi connectivity index (χ1) is 6.34. The van der Waals surface area contributed by atoms with Crippen LogP contribution in [0.3, 0.4) is 0 Å². The summed E-state index contributed by atoms with van der Waals surface area (Å²) in [6.07, 6.45) is 0. The molecule has 0 radical (unpaired) electrons. The molecular formula is C9H6ClNS2. The molecule has 0 aliphatic carbocycles. The Balaban J connectivity index is 2.15. The first kappa shape index (κ1) is 9.06. The van der Waals surface area contributed by atoms with Crippen molar-refractivity contribution in [1.82, 2.24) is 4.98 Å². The van der Waals surface area contributed by atoms with Crippen molar-refractivity contribution < 1.29 is 0 Å². The van der Waals surface area contributed by atoms with E-state index >= 15 is 0 Å². The smallest absolute Gasteiger partial charge is 0.156 e. The molecular weight excluding hydrogens is 222 g/mol. The lowest BCUT2D eigenvalue weighted by atomic mass is 10.4. The Labute approximate surface area is 89.8 Å². The van der Waals surface area contributed by atoms with Gasteiger partial charge in [0, 0.05) is 10.3 Å². The molecule has 0 saturated carbocycles. The van der Waals surface area contributed by atoms with Crippen LogP contribution in [0.5, 0.6) is 0 Å². The number of halogens is 1. The van der Waals surface area contributed by atoms with Crippen LogP contribution in [0.4, 0.5) is 0 Å². The second kappa shape index (κ2) is 4.13. The van der Waals surface area contributed by atoms with Gasteiger partial charge in [0.1, 0.15) is 5.15 Å². The van der Waals surface area contributed by atoms with Crippen LogP contribution in [-0.4, -0.2) is 4.98 Å². The van der Waals surface area contributed by atoms with Gasteiger partial charge >= 0.3 is 0 Å². The van der Waals surface area contributed by atoms with E-state index in [9.17, 15) is 0 Å². The Hall–Kier alpha value is -0.510. The van der Waals surface area contributed by atoms with Crippen LogP contribution in [0.15, 0.2) is 44.9 Å². The Morgan fingerprint density at radius 3 is 2.62 bits per heavy atom. The van der Waals surface area contributed by atoms with Gasteiger partial charge in [0.05, 0.1) is 0 Å². The molecule has 66 valence electrons. The molecule has 0 fully saturated rings. The number of benzene rings is 1. The number of hydrogen-bond donors (Lipinski definition) is 0. The molecule has 2 aromatic rings. The highest BCUT2D eigenvalue weighted by molar-refractivity contribution is 8.01. The third-order valence-corrected chi connectivity index (χ3v) is 3.67. The predicted octanol–water partition coefficient (Wildman–Crippen LogP) is 3.95. The van der Waals surface area contributed by atoms with E-state index in [0.29, 0.717) is 5.15 Å². The summed E-state index contributed by atoms with van der Waals surface area (Å²) in [4.78, 5) is 5.34. The molecule has 1 aromatic heterocycles. The molecule has 0 atom stereocenters. The molecule has 4 heteroatoms. The van der Waals surface area contributed by atoms with Crippen LogP contribution in [0.2, 0.25) is 5.15 Å². The topological polar surface area (TPSA) is 12.9 Å². The van der Waals surface area contributed by atoms with Crippen molar-refractivity contribution in [1.29, 1.82) is 0 Å². The maximum atomic E-state index is 5.71. The van der Waals surface area contributed by atoms with E-state index in [-0.39, 0.29) is 0 Å². The van der Waals surface area contributed by atoms with Gasteiger partial charge in [0.15, 0.2) is 4.34 Å². The molecule has 0 unspecified atom stereocenters. The molecule has 0 saturated heterocycles. The van der Waals surface area contributed by atoms with E-state index < -0.39 is 0 Å². The number of rotatable bonds is 2. The Kier molecular flexibility index (Phi) is 2.88. The van der Waals surface area contributed by atoms with E-state index in [4.69, 9.17) is 11.6 Å². The molecule has 0 amide bonds. The van der Waals surface area contributed by atoms with Crippen LogP contribution in [0.1, 0.15) is 0 Å². The minimum Gasteiger partial charge on any atom is -0.218 e. The molecule has 2 rings (SSSR count). The maximum Gasteiger partial charge on any atom is 0.156 e. The lowest BCUT2D eigenvalue weighted by Gasteiger charge is -1.94. The van der Waals surface area contributed by atoms with E-state index in [2.05, 4.69) is 17.1 Å². The lowest BCUT2D eigenvalue weighted by Crippen LogP contribution is -1.69. The maximum absolute atomic E-state index is 5.71. The highest BCUT2D eigenvalue weighted by Crippen LogP contribution is 2.30. The van der Waals surface area contributed by atoms with Gasteiger partial charge in [-0.25, -0.2) is 4.98 Å². The van der Waals surface area contributed by atoms with Gasteiger partial charge < -0.3 is 0 Å². The summed E-state index contributed by atoms with van der Waals surface area (Å²) in [5.74, 6) is 0. The highest BCUT2D eigenvalue weighted by atomic mass is 35.5. The highest BCUT2D eigenvalue weighted by Gasteiger charge is 2.00. The van der Waals surface area contributed by atoms with Crippen LogP contribution in [-0.2, 0) is 0 Å². The Morgan fingerprint density at radius 2 is 2.00 bits per heavy atom. The van der Waals surface area contributed by atoms with Crippen molar-refractivity contribution in [3.05, 3.63) is 40.9 Å². The lowest BCUT2D eigenvalue weighted by molar-refractivity contribution is 1.25. The van der Waals surface area contributed by atoms with Crippen molar-refractivity contribution in [3.63, 3.8) is 0 Å². The van der Waals surface area contributed by atoms with E-state index in [0.717, 1.165) is 4.34 Å². The third-order valence-electron chi connectivity index (χ3n) is 1.40. The summed E-state index contributed by atoms with van der Waals surface area (Å²) in [5.41, 5.74) is 0. The van der Waals surface area contributed by atoms with Crippen LogP contribution < -0.4 is 0 Å². The summed E-state index contributed by atoms with van der Waals surface area (Å²) in [5, 5.41) is 2.41. The third kappa shape index (κ3) is 2.46. The van der Waals surface area contributed by atoms with E-state index in [1.165, 1.54) is 4.90 Å². The summed E-state index contributed by atoms with van der Waals surface area (Å²) in [6, 6.07) is 10.1. The zero-order chi connectivity index (χ0) is 9.10. The summed E-state index contributed by atoms with van der Waals surface area (Å²) in [6.45, 7) is 0. The average molecular weight is 228 g/mol. The zero-order valence-corrected chi connectivity index (χ0v) is 8.99. The molecule has 1 heterocycles. The standard InChI is InChI=1S/C9H6ClNS2/c10-8-6-12-9(11-8)13-7-4-2-1-3-5-7/h1-6H. The number of thiazole rings is 1. The fraction of sp³-hybridized carbons (Fsp3) is 0. The minimum absolute atomic E-state index is 0.573. The second-order valence-electron chi connectivity index (χ2n) is 2.35. The fourth-order valence-corrected chi connectivity index (χ4v) is 2.86. The Morgan fingerprint density at radius 1 is 1.23 bits per heavy atom. The largest absolute Gasteiger partial charge is 0.218 e. The first-order valence-electron chi connectivity index (χ1n) is 3.68. The number of hydrogen-bond acceptors (Lipinski definition) is 3. The van der Waals surface area contributed by atoms with Crippen molar-refractivity contribution in [2.75, 3.05) is 0 Å². The molecule has 0 bridgehead atoms. The van der Waals surface area contributed by atoms with Crippen molar-refractivity contribution in [2.24, 2.45) is 0 Å². The van der Waals surface area contributed by atoms with Crippen LogP contribution in [0, 0.1) is 0 Å². The van der Waals surface area contributed by atoms with Crippen molar-refractivity contribution in [3.8, 4) is 0 Å². The van der Waals surface area contributed by atoms with Gasteiger partial charge in [-0.1, -0.05) is 41.6 Å². The monoisotopic (exact) mass is 227 g/mol. The van der Waals surface area contributed by atoms with Gasteiger partial charge in [-0.3, -0.25) is 0 Å². The van der Waals surface area contributed by atoms with Gasteiger partial charge in [-0.05, 0) is 12.1 Å². The van der Waals surface area contributed by atoms with Gasteiger partial charge in [-0.15, -0.1) is 11.3 Å². The zero-order valence-electron chi connectivity index (χ0n) is 6.61. The quantitative estimate of drug-likeness (QED) is 0.771. The molecule has 1 nitrogen and oxygen atoms in total. The molecule has 0 spiro atoms. The van der Waals surface area contributed by atoms with Crippen molar-refractivity contribution >= 4 is 34.7 Å².